The van der Waals surface area contributed by atoms with E-state index in [1.807, 2.05) is 6.07 Å². The molecule has 0 aliphatic heterocycles. The largest absolute Gasteiger partial charge is 0.508 e. The molecular formula is C17H20N4O4. The third-order valence-electron chi connectivity index (χ3n) is 4.66. The maximum atomic E-state index is 12.3. The van der Waals surface area contributed by atoms with E-state index in [4.69, 9.17) is 0 Å². The molecule has 1 aliphatic carbocycles. The van der Waals surface area contributed by atoms with Crippen LogP contribution in [0.5, 0.6) is 5.75 Å². The van der Waals surface area contributed by atoms with Gasteiger partial charge in [0.15, 0.2) is 0 Å². The Hall–Kier alpha value is -2.90. The van der Waals surface area contributed by atoms with E-state index in [-0.39, 0.29) is 36.4 Å². The number of carbonyl (C=O) groups excluding carboxylic acids is 1. The first-order valence-electron chi connectivity index (χ1n) is 8.17. The molecule has 1 amide bonds. The van der Waals surface area contributed by atoms with Gasteiger partial charge in [0.05, 0.1) is 17.5 Å². The number of nitrogens with zero attached hydrogens (tertiary/aromatic N) is 3. The van der Waals surface area contributed by atoms with Crippen LogP contribution < -0.4 is 5.32 Å². The molecule has 2 aromatic rings. The van der Waals surface area contributed by atoms with Crippen LogP contribution in [0.15, 0.2) is 18.2 Å². The average Bonchev–Trinajstić information content (AvgIpc) is 3.07. The van der Waals surface area contributed by atoms with Crippen molar-refractivity contribution in [3.05, 3.63) is 50.8 Å². The molecule has 1 heterocycles. The number of aromatic hydroxyl groups is 1. The van der Waals surface area contributed by atoms with Gasteiger partial charge in [-0.1, -0.05) is 12.1 Å². The van der Waals surface area contributed by atoms with Crippen molar-refractivity contribution in [3.63, 3.8) is 0 Å². The second-order valence-electron chi connectivity index (χ2n) is 6.25. The smallest absolute Gasteiger partial charge is 0.312 e. The number of carbonyl (C=O) groups is 1. The third-order valence-corrected chi connectivity index (χ3v) is 4.66. The molecule has 0 spiro atoms. The van der Waals surface area contributed by atoms with Crippen LogP contribution in [0.25, 0.3) is 0 Å². The van der Waals surface area contributed by atoms with Gasteiger partial charge in [0.25, 0.3) is 0 Å². The monoisotopic (exact) mass is 344 g/mol. The van der Waals surface area contributed by atoms with Crippen molar-refractivity contribution >= 4 is 11.6 Å². The van der Waals surface area contributed by atoms with Crippen molar-refractivity contribution in [1.82, 2.24) is 15.1 Å². The fourth-order valence-corrected chi connectivity index (χ4v) is 3.43. The highest BCUT2D eigenvalue weighted by Gasteiger charge is 2.26. The van der Waals surface area contributed by atoms with Gasteiger partial charge in [-0.25, -0.2) is 0 Å². The highest BCUT2D eigenvalue weighted by atomic mass is 16.6. The molecule has 1 atom stereocenters. The molecule has 3 rings (SSSR count). The van der Waals surface area contributed by atoms with E-state index < -0.39 is 4.92 Å². The minimum atomic E-state index is -0.448. The number of hydrogen-bond donors (Lipinski definition) is 2. The van der Waals surface area contributed by atoms with Crippen LogP contribution in [0, 0.1) is 24.0 Å². The first kappa shape index (κ1) is 16.9. The van der Waals surface area contributed by atoms with Gasteiger partial charge in [0, 0.05) is 6.42 Å². The van der Waals surface area contributed by atoms with E-state index in [1.165, 1.54) is 4.68 Å². The lowest BCUT2D eigenvalue weighted by molar-refractivity contribution is -0.386. The van der Waals surface area contributed by atoms with Gasteiger partial charge in [-0.2, -0.15) is 5.10 Å². The minimum absolute atomic E-state index is 0.000559. The van der Waals surface area contributed by atoms with Crippen molar-refractivity contribution in [2.75, 3.05) is 0 Å². The van der Waals surface area contributed by atoms with Gasteiger partial charge >= 0.3 is 5.69 Å². The van der Waals surface area contributed by atoms with Gasteiger partial charge in [0.1, 0.15) is 17.1 Å². The van der Waals surface area contributed by atoms with E-state index in [0.717, 1.165) is 24.0 Å². The number of hydrogen-bond acceptors (Lipinski definition) is 5. The van der Waals surface area contributed by atoms with Crippen LogP contribution in [-0.4, -0.2) is 25.7 Å². The van der Waals surface area contributed by atoms with E-state index >= 15 is 0 Å². The molecule has 1 aromatic heterocycles. The third kappa shape index (κ3) is 3.19. The second-order valence-corrected chi connectivity index (χ2v) is 6.25. The normalized spacial score (nSPS) is 15.8. The Balaban J connectivity index is 1.63. The molecule has 0 bridgehead atoms. The molecule has 0 radical (unpaired) electrons. The number of rotatable bonds is 5. The Morgan fingerprint density at radius 2 is 2.24 bits per heavy atom. The van der Waals surface area contributed by atoms with Crippen LogP contribution in [0.2, 0.25) is 0 Å². The number of aromatic nitrogens is 2. The molecule has 8 nitrogen and oxygen atoms in total. The van der Waals surface area contributed by atoms with Gasteiger partial charge in [0.2, 0.25) is 5.91 Å². The Bertz CT molecular complexity index is 843. The van der Waals surface area contributed by atoms with E-state index in [9.17, 15) is 20.0 Å². The summed E-state index contributed by atoms with van der Waals surface area (Å²) in [6.45, 7) is 3.50. The molecule has 0 saturated heterocycles. The lowest BCUT2D eigenvalue weighted by Crippen LogP contribution is -2.28. The summed E-state index contributed by atoms with van der Waals surface area (Å²) in [5.41, 5.74) is 2.65. The summed E-state index contributed by atoms with van der Waals surface area (Å²) in [4.78, 5) is 22.8. The molecule has 25 heavy (non-hydrogen) atoms. The lowest BCUT2D eigenvalue weighted by Gasteiger charge is -2.14. The zero-order valence-electron chi connectivity index (χ0n) is 14.2. The molecule has 2 N–H and O–H groups in total. The van der Waals surface area contributed by atoms with Crippen molar-refractivity contribution in [1.29, 1.82) is 0 Å². The summed E-state index contributed by atoms with van der Waals surface area (Å²) in [5.74, 6) is 0.126. The number of phenolic OH excluding ortho intramolecular Hbond substituents is 1. The Morgan fingerprint density at radius 3 is 2.92 bits per heavy atom. The van der Waals surface area contributed by atoms with Gasteiger partial charge < -0.3 is 10.4 Å². The zero-order chi connectivity index (χ0) is 18.1. The lowest BCUT2D eigenvalue weighted by atomic mass is 10.1. The van der Waals surface area contributed by atoms with Crippen LogP contribution in [0.1, 0.15) is 41.4 Å². The van der Waals surface area contributed by atoms with Crippen molar-refractivity contribution in [2.45, 2.75) is 45.7 Å². The van der Waals surface area contributed by atoms with Gasteiger partial charge in [-0.05, 0) is 43.9 Å². The summed E-state index contributed by atoms with van der Waals surface area (Å²) in [6.07, 6.45) is 1.67. The molecule has 1 aliphatic rings. The minimum Gasteiger partial charge on any atom is -0.508 e. The van der Waals surface area contributed by atoms with Crippen LogP contribution in [0.3, 0.4) is 0 Å². The summed E-state index contributed by atoms with van der Waals surface area (Å²) < 4.78 is 1.50. The highest BCUT2D eigenvalue weighted by molar-refractivity contribution is 5.76. The zero-order valence-corrected chi connectivity index (χ0v) is 14.2. The quantitative estimate of drug-likeness (QED) is 0.639. The van der Waals surface area contributed by atoms with Crippen molar-refractivity contribution in [3.8, 4) is 5.75 Å². The van der Waals surface area contributed by atoms with Gasteiger partial charge in [-0.3, -0.25) is 19.6 Å². The number of amides is 1. The standard InChI is InChI=1S/C17H20N4O4/c1-10-17(21(24)25)11(2)20(19-10)9-8-16(23)18-14-7-6-13-12(14)4-3-5-15(13)22/h3-5,14,22H,6-9H2,1-2H3,(H,18,23)/t14-/m0/s1. The molecule has 1 aromatic carbocycles. The molecule has 0 fully saturated rings. The summed E-state index contributed by atoms with van der Waals surface area (Å²) in [6, 6.07) is 5.23. The average molecular weight is 344 g/mol. The van der Waals surface area contributed by atoms with Crippen molar-refractivity contribution in [2.24, 2.45) is 0 Å². The fraction of sp³-hybridized carbons (Fsp3) is 0.412. The first-order valence-corrected chi connectivity index (χ1v) is 8.17. The van der Waals surface area contributed by atoms with Gasteiger partial charge in [-0.15, -0.1) is 0 Å². The van der Waals surface area contributed by atoms with Crippen LogP contribution in [-0.2, 0) is 17.8 Å². The SMILES string of the molecule is Cc1nn(CCC(=O)N[C@H]2CCc3c(O)cccc32)c(C)c1[N+](=O)[O-]. The molecular weight excluding hydrogens is 324 g/mol. The van der Waals surface area contributed by atoms with E-state index in [1.54, 1.807) is 26.0 Å². The molecule has 0 unspecified atom stereocenters. The van der Waals surface area contributed by atoms with E-state index in [0.29, 0.717) is 11.4 Å². The van der Waals surface area contributed by atoms with E-state index in [2.05, 4.69) is 10.4 Å². The maximum absolute atomic E-state index is 12.3. The molecule has 132 valence electrons. The van der Waals surface area contributed by atoms with Crippen LogP contribution >= 0.6 is 0 Å². The first-order chi connectivity index (χ1) is 11.9. The second kappa shape index (κ2) is 6.54. The van der Waals surface area contributed by atoms with Crippen LogP contribution in [0.4, 0.5) is 5.69 Å². The summed E-state index contributed by atoms with van der Waals surface area (Å²) >= 11 is 0. The highest BCUT2D eigenvalue weighted by Crippen LogP contribution is 2.36. The number of nitro groups is 1. The molecule has 0 saturated carbocycles. The predicted molar refractivity (Wildman–Crippen MR) is 90.3 cm³/mol. The fourth-order valence-electron chi connectivity index (χ4n) is 3.43. The molecule has 8 heteroatoms. The number of aryl methyl sites for hydroxylation is 2. The summed E-state index contributed by atoms with van der Waals surface area (Å²) in [7, 11) is 0. The Labute approximate surface area is 144 Å². The predicted octanol–water partition coefficient (Wildman–Crippen LogP) is 2.31. The number of benzene rings is 1. The maximum Gasteiger partial charge on any atom is 0.312 e. The van der Waals surface area contributed by atoms with Crippen molar-refractivity contribution < 1.29 is 14.8 Å². The number of nitrogens with one attached hydrogen (secondary N) is 1. The summed E-state index contributed by atoms with van der Waals surface area (Å²) in [5, 5.41) is 28.0. The number of fused-ring (bicyclic) bond motifs is 1. The topological polar surface area (TPSA) is 110 Å². The number of phenols is 1. The Morgan fingerprint density at radius 1 is 1.48 bits per heavy atom. The Kier molecular flexibility index (Phi) is 4.43.